The van der Waals surface area contributed by atoms with Gasteiger partial charge in [0.05, 0.1) is 7.11 Å². The molecule has 1 aliphatic rings. The fraction of sp³-hybridized carbons (Fsp3) is 0.375. The number of methoxy groups -OCH3 is 1. The molecule has 6 aromatic rings. The Morgan fingerprint density at radius 2 is 1.43 bits per heavy atom. The summed E-state index contributed by atoms with van der Waals surface area (Å²) < 4.78 is 5.96. The van der Waals surface area contributed by atoms with Crippen LogP contribution in [0.25, 0.3) is 43.8 Å². The van der Waals surface area contributed by atoms with E-state index in [2.05, 4.69) is 155 Å². The van der Waals surface area contributed by atoms with Crippen LogP contribution in [-0.4, -0.2) is 15.9 Å². The summed E-state index contributed by atoms with van der Waals surface area (Å²) in [5, 5.41) is 7.26. The molecule has 1 radical (unpaired) electrons. The summed E-state index contributed by atoms with van der Waals surface area (Å²) in [6, 6.07) is 27.9. The zero-order chi connectivity index (χ0) is 36.3. The molecular weight excluding hydrogens is 712 g/mol. The quantitative estimate of drug-likeness (QED) is 0.128. The molecule has 0 saturated heterocycles. The van der Waals surface area contributed by atoms with E-state index in [1.165, 1.54) is 96.4 Å². The fourth-order valence-electron chi connectivity index (χ4n) is 8.37. The summed E-state index contributed by atoms with van der Waals surface area (Å²) in [4.78, 5) is 0. The minimum Gasteiger partial charge on any atom is -0.498 e. The van der Waals surface area contributed by atoms with Gasteiger partial charge in [0, 0.05) is 8.80 Å². The van der Waals surface area contributed by atoms with Crippen molar-refractivity contribution in [2.45, 2.75) is 112 Å². The largest absolute Gasteiger partial charge is 2.00 e. The Hall–Kier alpha value is -3.00. The number of hydrogen-bond donors (Lipinski definition) is 0. The van der Waals surface area contributed by atoms with E-state index in [1.807, 2.05) is 0 Å². The van der Waals surface area contributed by atoms with Gasteiger partial charge < -0.3 is 4.74 Å². The average Bonchev–Trinajstić information content (AvgIpc) is 3.74. The molecule has 0 heterocycles. The van der Waals surface area contributed by atoms with Crippen LogP contribution in [0, 0.1) is 27.7 Å². The van der Waals surface area contributed by atoms with Gasteiger partial charge in [-0.15, -0.1) is 56.1 Å². The number of hydrogen-bond acceptors (Lipinski definition) is 1. The zero-order valence-corrected chi connectivity index (χ0v) is 36.9. The fourth-order valence-corrected chi connectivity index (χ4v) is 9.98. The Labute approximate surface area is 329 Å². The Balaban J connectivity index is 0.000000195. The Morgan fingerprint density at radius 1 is 0.745 bits per heavy atom. The second-order valence-corrected chi connectivity index (χ2v) is 19.7. The first-order valence-electron chi connectivity index (χ1n) is 18.5. The second-order valence-electron chi connectivity index (χ2n) is 17.2. The topological polar surface area (TPSA) is 9.23 Å². The Kier molecular flexibility index (Phi) is 11.4. The van der Waals surface area contributed by atoms with Gasteiger partial charge in [0.2, 0.25) is 0 Å². The summed E-state index contributed by atoms with van der Waals surface area (Å²) in [7, 11) is 1.33. The molecule has 0 N–H and O–H groups in total. The van der Waals surface area contributed by atoms with Crippen LogP contribution >= 0.6 is 0 Å². The predicted molar refractivity (Wildman–Crippen MR) is 222 cm³/mol. The van der Waals surface area contributed by atoms with Crippen LogP contribution in [0.1, 0.15) is 92.5 Å². The predicted octanol–water partition coefficient (Wildman–Crippen LogP) is 12.7. The van der Waals surface area contributed by atoms with E-state index in [0.717, 1.165) is 5.75 Å². The molecule has 6 aromatic carbocycles. The number of aryl methyl sites for hydroxylation is 5. The van der Waals surface area contributed by atoms with Gasteiger partial charge in [-0.25, -0.2) is 0 Å². The molecule has 0 amide bonds. The molecule has 3 heteroatoms. The van der Waals surface area contributed by atoms with Crippen molar-refractivity contribution in [3.8, 4) is 28.0 Å². The van der Waals surface area contributed by atoms with E-state index in [0.29, 0.717) is 0 Å². The molecule has 263 valence electrons. The maximum atomic E-state index is 5.96. The number of benzene rings is 4. The minimum atomic E-state index is -0.465. The van der Waals surface area contributed by atoms with Crippen molar-refractivity contribution in [1.29, 1.82) is 0 Å². The van der Waals surface area contributed by atoms with Crippen LogP contribution in [0.2, 0.25) is 13.1 Å². The molecule has 7 rings (SSSR count). The third-order valence-electron chi connectivity index (χ3n) is 10.8. The number of rotatable bonds is 4. The van der Waals surface area contributed by atoms with Crippen molar-refractivity contribution in [1.82, 2.24) is 0 Å². The maximum absolute atomic E-state index is 5.96. The summed E-state index contributed by atoms with van der Waals surface area (Å²) >= 11 is 0. The summed E-state index contributed by atoms with van der Waals surface area (Å²) in [5.74, 6) is 1.01. The van der Waals surface area contributed by atoms with Crippen molar-refractivity contribution in [2.75, 3.05) is 7.11 Å². The Morgan fingerprint density at radius 3 is 2.02 bits per heavy atom. The van der Waals surface area contributed by atoms with Gasteiger partial charge in [-0.2, -0.15) is 12.1 Å². The van der Waals surface area contributed by atoms with Crippen molar-refractivity contribution in [3.63, 3.8) is 0 Å². The molecular formula is C48H57OSiZr. The van der Waals surface area contributed by atoms with E-state index in [4.69, 9.17) is 4.74 Å². The third kappa shape index (κ3) is 7.59. The SMILES string of the molecule is COc1c(C(C)(C)C)cc2[cH-]c(C)cc2c1-c1ccc(C)cc1C.Cc1cc2c(-c3ccc(C(C)(C)C)cc3)c3c(cc2[c-]1[Si](C)C)CCC3.[Zr+2]. The molecule has 0 atom stereocenters. The molecule has 1 aliphatic carbocycles. The van der Waals surface area contributed by atoms with Crippen LogP contribution in [0.4, 0.5) is 0 Å². The molecule has 1 nitrogen and oxygen atoms in total. The zero-order valence-electron chi connectivity index (χ0n) is 33.5. The maximum Gasteiger partial charge on any atom is 2.00 e. The van der Waals surface area contributed by atoms with Gasteiger partial charge in [0.1, 0.15) is 5.75 Å². The van der Waals surface area contributed by atoms with E-state index >= 15 is 0 Å². The Bertz CT molecular complexity index is 2190. The van der Waals surface area contributed by atoms with Gasteiger partial charge in [0.15, 0.2) is 0 Å². The molecule has 0 bridgehead atoms. The van der Waals surface area contributed by atoms with E-state index < -0.39 is 8.80 Å². The first kappa shape index (κ1) is 39.2. The van der Waals surface area contributed by atoms with Gasteiger partial charge in [-0.3, -0.25) is 0 Å². The summed E-state index contributed by atoms with van der Waals surface area (Å²) in [6.07, 6.45) is 3.79. The summed E-state index contributed by atoms with van der Waals surface area (Å²) in [5.41, 5.74) is 16.9. The molecule has 51 heavy (non-hydrogen) atoms. The van der Waals surface area contributed by atoms with Gasteiger partial charge >= 0.3 is 26.2 Å². The molecule has 0 aromatic heterocycles. The first-order valence-corrected chi connectivity index (χ1v) is 21.0. The third-order valence-corrected chi connectivity index (χ3v) is 12.4. The van der Waals surface area contributed by atoms with Crippen molar-refractivity contribution >= 4 is 35.5 Å². The van der Waals surface area contributed by atoms with Crippen LogP contribution in [0.5, 0.6) is 5.75 Å². The molecule has 0 aliphatic heterocycles. The van der Waals surface area contributed by atoms with Crippen LogP contribution in [-0.2, 0) is 49.9 Å². The normalized spacial score (nSPS) is 13.0. The second kappa shape index (κ2) is 14.8. The molecule has 0 unspecified atom stereocenters. The van der Waals surface area contributed by atoms with Crippen molar-refractivity contribution in [3.05, 3.63) is 117 Å². The molecule has 0 fully saturated rings. The van der Waals surface area contributed by atoms with Crippen LogP contribution < -0.4 is 9.92 Å². The van der Waals surface area contributed by atoms with Crippen molar-refractivity contribution < 1.29 is 30.9 Å². The van der Waals surface area contributed by atoms with Gasteiger partial charge in [-0.05, 0) is 77.3 Å². The summed E-state index contributed by atoms with van der Waals surface area (Å²) in [6.45, 7) is 27.3. The van der Waals surface area contributed by atoms with E-state index in [9.17, 15) is 0 Å². The monoisotopic (exact) mass is 767 g/mol. The number of ether oxygens (including phenoxy) is 1. The van der Waals surface area contributed by atoms with Crippen LogP contribution in [0.15, 0.2) is 72.8 Å². The minimum absolute atomic E-state index is 0. The van der Waals surface area contributed by atoms with Gasteiger partial charge in [-0.1, -0.05) is 133 Å². The standard InChI is InChI=1S/C25H30Si.C23H27O.Zr/c1-16-14-21-22(24(16)26(5)6)15-18-8-7-9-20(18)23(21)17-10-12-19(13-11-17)25(2,3)4;1-14-8-9-18(16(3)10-14)21-19-12-15(2)11-17(19)13-20(22(21)24-7)23(4,5)6;/h10-15H,7-9H2,1-6H3;8-13H,1-7H3;/q2*-1;+2. The van der Waals surface area contributed by atoms with Gasteiger partial charge in [0.25, 0.3) is 0 Å². The van der Waals surface area contributed by atoms with E-state index in [1.54, 1.807) is 23.4 Å². The van der Waals surface area contributed by atoms with Crippen molar-refractivity contribution in [2.24, 2.45) is 0 Å². The smallest absolute Gasteiger partial charge is 0.498 e. The first-order chi connectivity index (χ1) is 23.5. The molecule has 0 saturated carbocycles. The van der Waals surface area contributed by atoms with E-state index in [-0.39, 0.29) is 37.0 Å². The average molecular weight is 769 g/mol. The van der Waals surface area contributed by atoms with Crippen LogP contribution in [0.3, 0.4) is 0 Å². The number of fused-ring (bicyclic) bond motifs is 3. The molecule has 0 spiro atoms.